The van der Waals surface area contributed by atoms with Crippen LogP contribution in [-0.4, -0.2) is 56.5 Å². The minimum Gasteiger partial charge on any atom is -0.383 e. The predicted octanol–water partition coefficient (Wildman–Crippen LogP) is 1.94. The summed E-state index contributed by atoms with van der Waals surface area (Å²) in [6.45, 7) is 0.931. The molecule has 4 saturated carbocycles. The molecule has 2 aromatic heterocycles. The maximum atomic E-state index is 13.3. The summed E-state index contributed by atoms with van der Waals surface area (Å²) in [5.41, 5.74) is 3.96. The van der Waals surface area contributed by atoms with E-state index in [1.807, 2.05) is 0 Å². The predicted molar refractivity (Wildman–Crippen MR) is 156 cm³/mol. The number of aliphatic hydroxyl groups is 1. The molecule has 45 heavy (non-hydrogen) atoms. The fraction of sp³-hybridized carbons (Fsp3) is 0.586. The van der Waals surface area contributed by atoms with Crippen molar-refractivity contribution in [2.24, 2.45) is 29.4 Å². The Hall–Kier alpha value is -3.79. The Morgan fingerprint density at radius 1 is 1.11 bits per heavy atom. The Balaban J connectivity index is 1.26. The van der Waals surface area contributed by atoms with Crippen molar-refractivity contribution in [2.45, 2.75) is 82.8 Å². The molecule has 4 amide bonds. The number of carbonyl (C=O) groups excluding carboxylic acids is 4. The standard InChI is InChI=1S/C29H35F3N6O6S/c1-13-23(45-28(34-13)29(30,31)32)26(43)35-18(4-5-20(39)24(33)41)25(42)36-19-3-2-6-38(27(19)44)12-21(40)37-22-16-8-14-7-15(10-16)11-17(22)9-14/h2-3,6,14-18,20,22,39H,4-5,7-12H2,1H3,(H2,33,41)(H,35,43)(H,36,42)(H,37,40)/t14?,15?,16?,17?,18-,20?,22?/m0/s1. The Kier molecular flexibility index (Phi) is 9.35. The number of pyridine rings is 1. The molecular weight excluding hydrogens is 617 g/mol. The number of alkyl halides is 3. The van der Waals surface area contributed by atoms with Crippen molar-refractivity contribution in [3.63, 3.8) is 0 Å². The highest BCUT2D eigenvalue weighted by Gasteiger charge is 2.48. The molecular formula is C29H35F3N6O6S. The van der Waals surface area contributed by atoms with Gasteiger partial charge in [-0.15, -0.1) is 11.3 Å². The van der Waals surface area contributed by atoms with Gasteiger partial charge in [0.1, 0.15) is 29.3 Å². The van der Waals surface area contributed by atoms with Gasteiger partial charge >= 0.3 is 6.18 Å². The number of aromatic nitrogens is 2. The summed E-state index contributed by atoms with van der Waals surface area (Å²) >= 11 is 0.0967. The number of nitrogens with one attached hydrogen (secondary N) is 3. The van der Waals surface area contributed by atoms with Gasteiger partial charge in [0, 0.05) is 12.2 Å². The minimum absolute atomic E-state index is 0.0819. The van der Waals surface area contributed by atoms with E-state index in [9.17, 15) is 42.3 Å². The maximum Gasteiger partial charge on any atom is 0.443 e. The molecule has 12 nitrogen and oxygen atoms in total. The van der Waals surface area contributed by atoms with Crippen molar-refractivity contribution >= 4 is 40.7 Å². The van der Waals surface area contributed by atoms with Gasteiger partial charge in [0.2, 0.25) is 17.7 Å². The Labute approximate surface area is 260 Å². The van der Waals surface area contributed by atoms with Gasteiger partial charge in [-0.2, -0.15) is 13.2 Å². The van der Waals surface area contributed by atoms with Crippen LogP contribution >= 0.6 is 11.3 Å². The second-order valence-corrected chi connectivity index (χ2v) is 13.3. The molecule has 0 radical (unpaired) electrons. The van der Waals surface area contributed by atoms with Crippen LogP contribution in [0.4, 0.5) is 18.9 Å². The lowest BCUT2D eigenvalue weighted by Crippen LogP contribution is -2.56. The van der Waals surface area contributed by atoms with Crippen LogP contribution in [0.15, 0.2) is 23.1 Å². The van der Waals surface area contributed by atoms with Crippen LogP contribution in [0.5, 0.6) is 0 Å². The van der Waals surface area contributed by atoms with E-state index in [2.05, 4.69) is 20.9 Å². The number of primary amides is 1. The first-order valence-electron chi connectivity index (χ1n) is 14.8. The summed E-state index contributed by atoms with van der Waals surface area (Å²) in [4.78, 5) is 66.7. The number of amides is 4. The zero-order valence-corrected chi connectivity index (χ0v) is 25.2. The average Bonchev–Trinajstić information content (AvgIpc) is 3.36. The van der Waals surface area contributed by atoms with Crippen LogP contribution < -0.4 is 27.2 Å². The number of hydrogen-bond acceptors (Lipinski definition) is 8. The molecule has 6 rings (SSSR count). The molecule has 4 fully saturated rings. The van der Waals surface area contributed by atoms with Gasteiger partial charge in [0.25, 0.3) is 11.5 Å². The molecule has 1 unspecified atom stereocenters. The van der Waals surface area contributed by atoms with Gasteiger partial charge in [-0.1, -0.05) is 0 Å². The summed E-state index contributed by atoms with van der Waals surface area (Å²) in [6.07, 6.45) is -0.0351. The third-order valence-electron chi connectivity index (χ3n) is 9.07. The number of anilines is 1. The monoisotopic (exact) mass is 652 g/mol. The van der Waals surface area contributed by atoms with Gasteiger partial charge in [-0.3, -0.25) is 24.0 Å². The zero-order valence-electron chi connectivity index (χ0n) is 24.4. The molecule has 244 valence electrons. The zero-order chi connectivity index (χ0) is 32.6. The smallest absolute Gasteiger partial charge is 0.383 e. The number of aliphatic hydroxyl groups excluding tert-OH is 1. The lowest BCUT2D eigenvalue weighted by Gasteiger charge is -2.54. The molecule has 2 heterocycles. The molecule has 16 heteroatoms. The molecule has 0 spiro atoms. The molecule has 0 saturated heterocycles. The van der Waals surface area contributed by atoms with Crippen molar-refractivity contribution in [1.82, 2.24) is 20.2 Å². The van der Waals surface area contributed by atoms with Crippen molar-refractivity contribution < 1.29 is 37.5 Å². The molecule has 6 N–H and O–H groups in total. The van der Waals surface area contributed by atoms with Crippen molar-refractivity contribution in [1.29, 1.82) is 0 Å². The van der Waals surface area contributed by atoms with Crippen LogP contribution in [0.2, 0.25) is 0 Å². The number of thiazole rings is 1. The normalized spacial score (nSPS) is 25.0. The summed E-state index contributed by atoms with van der Waals surface area (Å²) in [7, 11) is 0. The highest BCUT2D eigenvalue weighted by molar-refractivity contribution is 7.13. The van der Waals surface area contributed by atoms with Crippen LogP contribution in [0.3, 0.4) is 0 Å². The molecule has 4 aliphatic rings. The van der Waals surface area contributed by atoms with E-state index >= 15 is 0 Å². The van der Waals surface area contributed by atoms with E-state index in [-0.39, 0.29) is 58.9 Å². The van der Waals surface area contributed by atoms with E-state index in [1.54, 1.807) is 0 Å². The summed E-state index contributed by atoms with van der Waals surface area (Å²) in [6, 6.07) is 1.35. The summed E-state index contributed by atoms with van der Waals surface area (Å²) < 4.78 is 40.5. The van der Waals surface area contributed by atoms with Crippen LogP contribution in [-0.2, 0) is 27.1 Å². The number of carbonyl (C=O) groups is 4. The summed E-state index contributed by atoms with van der Waals surface area (Å²) in [5, 5.41) is 16.4. The minimum atomic E-state index is -4.78. The quantitative estimate of drug-likeness (QED) is 0.246. The van der Waals surface area contributed by atoms with Crippen LogP contribution in [0, 0.1) is 30.6 Å². The van der Waals surface area contributed by atoms with E-state index in [0.29, 0.717) is 11.8 Å². The van der Waals surface area contributed by atoms with Crippen LogP contribution in [0.1, 0.15) is 65.3 Å². The van der Waals surface area contributed by atoms with E-state index in [4.69, 9.17) is 5.73 Å². The number of nitrogens with zero attached hydrogens (tertiary/aromatic N) is 2. The van der Waals surface area contributed by atoms with Crippen molar-refractivity contribution in [2.75, 3.05) is 5.32 Å². The maximum absolute atomic E-state index is 13.3. The molecule has 2 atom stereocenters. The number of halogens is 3. The van der Waals surface area contributed by atoms with Crippen molar-refractivity contribution in [3.05, 3.63) is 44.3 Å². The Morgan fingerprint density at radius 2 is 1.76 bits per heavy atom. The fourth-order valence-electron chi connectivity index (χ4n) is 7.21. The topological polar surface area (TPSA) is 186 Å². The van der Waals surface area contributed by atoms with Gasteiger partial charge in [-0.05, 0) is 87.7 Å². The molecule has 0 aliphatic heterocycles. The third-order valence-corrected chi connectivity index (χ3v) is 10.3. The molecule has 2 aromatic rings. The number of rotatable bonds is 11. The number of aryl methyl sites for hydroxylation is 1. The van der Waals surface area contributed by atoms with Crippen molar-refractivity contribution in [3.8, 4) is 0 Å². The fourth-order valence-corrected chi connectivity index (χ4v) is 8.05. The van der Waals surface area contributed by atoms with E-state index in [1.165, 1.54) is 31.7 Å². The first-order chi connectivity index (χ1) is 21.2. The van der Waals surface area contributed by atoms with Gasteiger partial charge in [0.05, 0.1) is 5.69 Å². The Bertz CT molecular complexity index is 1510. The molecule has 4 aliphatic carbocycles. The lowest BCUT2D eigenvalue weighted by atomic mass is 9.54. The van der Waals surface area contributed by atoms with E-state index < -0.39 is 46.6 Å². The van der Waals surface area contributed by atoms with Gasteiger partial charge in [0.15, 0.2) is 5.01 Å². The molecule has 0 aromatic carbocycles. The van der Waals surface area contributed by atoms with E-state index in [0.717, 1.165) is 42.1 Å². The first kappa shape index (κ1) is 32.6. The second kappa shape index (κ2) is 12.9. The lowest BCUT2D eigenvalue weighted by molar-refractivity contribution is -0.137. The Morgan fingerprint density at radius 3 is 2.33 bits per heavy atom. The average molecular weight is 653 g/mol. The van der Waals surface area contributed by atoms with Crippen LogP contribution in [0.25, 0.3) is 0 Å². The SMILES string of the molecule is Cc1nc(C(F)(F)F)sc1C(=O)N[C@@H](CCC(O)C(N)=O)C(=O)Nc1cccn(CC(=O)NC2C3CC4CC(C3)CC2C4)c1=O. The highest BCUT2D eigenvalue weighted by Crippen LogP contribution is 2.53. The highest BCUT2D eigenvalue weighted by atomic mass is 32.1. The first-order valence-corrected chi connectivity index (χ1v) is 15.6. The van der Waals surface area contributed by atoms with Gasteiger partial charge < -0.3 is 31.4 Å². The second-order valence-electron chi connectivity index (χ2n) is 12.3. The largest absolute Gasteiger partial charge is 0.443 e. The third kappa shape index (κ3) is 7.38. The number of hydrogen-bond donors (Lipinski definition) is 5. The van der Waals surface area contributed by atoms with Gasteiger partial charge in [-0.25, -0.2) is 4.98 Å². The number of nitrogens with two attached hydrogens (primary N) is 1. The summed E-state index contributed by atoms with van der Waals surface area (Å²) in [5.74, 6) is -1.01. The molecule has 4 bridgehead atoms.